The molecule has 21 heavy (non-hydrogen) atoms. The highest BCUT2D eigenvalue weighted by atomic mass is 16.6. The number of aliphatic carboxylic acids is 1. The highest BCUT2D eigenvalue weighted by molar-refractivity contribution is 5.70. The largest absolute Gasteiger partial charge is 0.481 e. The van der Waals surface area contributed by atoms with Gasteiger partial charge in [0.25, 0.3) is 0 Å². The van der Waals surface area contributed by atoms with Crippen LogP contribution in [-0.2, 0) is 17.8 Å². The average Bonchev–Trinajstić information content (AvgIpc) is 2.46. The molecule has 2 N–H and O–H groups in total. The Morgan fingerprint density at radius 2 is 1.86 bits per heavy atom. The molecule has 0 bridgehead atoms. The third kappa shape index (κ3) is 3.96. The van der Waals surface area contributed by atoms with Gasteiger partial charge in [0.05, 0.1) is 11.3 Å². The zero-order valence-corrected chi connectivity index (χ0v) is 10.9. The Morgan fingerprint density at radius 1 is 1.24 bits per heavy atom. The number of carboxylic acid groups (broad SMARTS) is 1. The molecule has 2 rings (SSSR count). The molecule has 0 aliphatic rings. The van der Waals surface area contributed by atoms with Crippen molar-refractivity contribution in [3.63, 3.8) is 0 Å². The molecule has 8 heteroatoms. The van der Waals surface area contributed by atoms with Gasteiger partial charge in [-0.1, -0.05) is 24.3 Å². The second-order valence-corrected chi connectivity index (χ2v) is 4.21. The van der Waals surface area contributed by atoms with Crippen molar-refractivity contribution in [2.24, 2.45) is 0 Å². The van der Waals surface area contributed by atoms with Gasteiger partial charge < -0.3 is 10.4 Å². The normalized spacial score (nSPS) is 10.1. The first-order chi connectivity index (χ1) is 10.1. The smallest absolute Gasteiger partial charge is 0.307 e. The quantitative estimate of drug-likeness (QED) is 0.612. The summed E-state index contributed by atoms with van der Waals surface area (Å²) >= 11 is 0. The summed E-state index contributed by atoms with van der Waals surface area (Å²) in [4.78, 5) is 28.3. The van der Waals surface area contributed by atoms with Gasteiger partial charge >= 0.3 is 11.7 Å². The number of hydrogen-bond donors (Lipinski definition) is 2. The van der Waals surface area contributed by atoms with Crippen molar-refractivity contribution in [1.29, 1.82) is 0 Å². The molecular formula is C13H12N4O4. The third-order valence-corrected chi connectivity index (χ3v) is 2.75. The summed E-state index contributed by atoms with van der Waals surface area (Å²) in [7, 11) is 0. The van der Waals surface area contributed by atoms with E-state index in [9.17, 15) is 14.9 Å². The second kappa shape index (κ2) is 6.42. The minimum Gasteiger partial charge on any atom is -0.481 e. The Bertz CT molecular complexity index is 657. The maximum absolute atomic E-state index is 10.8. The van der Waals surface area contributed by atoms with Crippen molar-refractivity contribution in [2.45, 2.75) is 13.0 Å². The summed E-state index contributed by atoms with van der Waals surface area (Å²) in [6, 6.07) is 7.11. The van der Waals surface area contributed by atoms with Crippen LogP contribution >= 0.6 is 0 Å². The maximum atomic E-state index is 10.8. The van der Waals surface area contributed by atoms with Crippen molar-refractivity contribution in [3.8, 4) is 0 Å². The van der Waals surface area contributed by atoms with E-state index in [1.165, 1.54) is 0 Å². The summed E-state index contributed by atoms with van der Waals surface area (Å²) < 4.78 is 0. The zero-order chi connectivity index (χ0) is 15.2. The number of hydrogen-bond acceptors (Lipinski definition) is 6. The molecule has 0 fully saturated rings. The molecule has 0 aliphatic heterocycles. The molecule has 0 unspecified atom stereocenters. The summed E-state index contributed by atoms with van der Waals surface area (Å²) in [6.45, 7) is 0.335. The van der Waals surface area contributed by atoms with Crippen LogP contribution < -0.4 is 5.32 Å². The molecule has 2 aromatic rings. The molecule has 1 aromatic carbocycles. The van der Waals surface area contributed by atoms with E-state index in [1.807, 2.05) is 0 Å². The molecule has 1 aromatic heterocycles. The number of nitro groups is 1. The van der Waals surface area contributed by atoms with E-state index in [0.717, 1.165) is 18.0 Å². The monoisotopic (exact) mass is 288 g/mol. The Labute approximate surface area is 119 Å². The van der Waals surface area contributed by atoms with Crippen LogP contribution in [0.3, 0.4) is 0 Å². The van der Waals surface area contributed by atoms with E-state index >= 15 is 0 Å². The molecular weight excluding hydrogens is 276 g/mol. The first-order valence-corrected chi connectivity index (χ1v) is 6.05. The summed E-state index contributed by atoms with van der Waals surface area (Å²) in [5.41, 5.74) is 1.31. The average molecular weight is 288 g/mol. The van der Waals surface area contributed by atoms with Crippen LogP contribution in [-0.4, -0.2) is 26.0 Å². The number of nitrogens with zero attached hydrogens (tertiary/aromatic N) is 3. The van der Waals surface area contributed by atoms with Crippen LogP contribution in [0.15, 0.2) is 36.7 Å². The Morgan fingerprint density at radius 3 is 2.43 bits per heavy atom. The molecule has 0 atom stereocenters. The van der Waals surface area contributed by atoms with E-state index in [0.29, 0.717) is 12.1 Å². The number of benzene rings is 1. The van der Waals surface area contributed by atoms with Gasteiger partial charge in [0, 0.05) is 6.54 Å². The number of anilines is 1. The van der Waals surface area contributed by atoms with Gasteiger partial charge in [-0.25, -0.2) is 9.97 Å². The van der Waals surface area contributed by atoms with Crippen LogP contribution in [0.5, 0.6) is 0 Å². The number of aromatic nitrogens is 2. The Balaban J connectivity index is 2.06. The van der Waals surface area contributed by atoms with Gasteiger partial charge in [-0.3, -0.25) is 14.9 Å². The van der Waals surface area contributed by atoms with Gasteiger partial charge in [0.15, 0.2) is 0 Å². The van der Waals surface area contributed by atoms with Crippen molar-refractivity contribution in [1.82, 2.24) is 9.97 Å². The first-order valence-electron chi connectivity index (χ1n) is 6.05. The van der Waals surface area contributed by atoms with E-state index in [1.54, 1.807) is 24.3 Å². The molecule has 0 saturated carbocycles. The lowest BCUT2D eigenvalue weighted by atomic mass is 10.0. The lowest BCUT2D eigenvalue weighted by Gasteiger charge is -2.08. The second-order valence-electron chi connectivity index (χ2n) is 4.21. The van der Waals surface area contributed by atoms with Crippen molar-refractivity contribution >= 4 is 17.6 Å². The summed E-state index contributed by atoms with van der Waals surface area (Å²) in [5.74, 6) is -0.667. The maximum Gasteiger partial charge on any atom is 0.307 e. The topological polar surface area (TPSA) is 118 Å². The molecule has 0 saturated heterocycles. The van der Waals surface area contributed by atoms with E-state index in [2.05, 4.69) is 15.3 Å². The molecule has 1 heterocycles. The van der Waals surface area contributed by atoms with Crippen LogP contribution in [0.1, 0.15) is 11.1 Å². The third-order valence-electron chi connectivity index (χ3n) is 2.75. The van der Waals surface area contributed by atoms with Gasteiger partial charge in [0.2, 0.25) is 5.95 Å². The predicted molar refractivity (Wildman–Crippen MR) is 73.8 cm³/mol. The predicted octanol–water partition coefficient (Wildman–Crippen LogP) is 1.62. The van der Waals surface area contributed by atoms with Gasteiger partial charge in [0.1, 0.15) is 12.4 Å². The highest BCUT2D eigenvalue weighted by Crippen LogP contribution is 2.13. The molecule has 0 aliphatic carbocycles. The molecule has 0 amide bonds. The first kappa shape index (κ1) is 14.4. The molecule has 8 nitrogen and oxygen atoms in total. The van der Waals surface area contributed by atoms with Crippen molar-refractivity contribution in [3.05, 3.63) is 57.9 Å². The van der Waals surface area contributed by atoms with Crippen molar-refractivity contribution in [2.75, 3.05) is 5.32 Å². The zero-order valence-electron chi connectivity index (χ0n) is 10.9. The minimum atomic E-state index is -0.908. The number of nitrogens with one attached hydrogen (secondary N) is 1. The van der Waals surface area contributed by atoms with E-state index in [-0.39, 0.29) is 18.1 Å². The van der Waals surface area contributed by atoms with Crippen LogP contribution in [0.4, 0.5) is 11.6 Å². The number of carbonyl (C=O) groups is 1. The SMILES string of the molecule is O=C(O)Cc1ccccc1CNc1ncc([N+](=O)[O-])cn1. The summed E-state index contributed by atoms with van der Waals surface area (Å²) in [5, 5.41) is 22.2. The van der Waals surface area contributed by atoms with Crippen LogP contribution in [0.2, 0.25) is 0 Å². The Kier molecular flexibility index (Phi) is 4.39. The van der Waals surface area contributed by atoms with Crippen molar-refractivity contribution < 1.29 is 14.8 Å². The molecule has 0 radical (unpaired) electrons. The fraction of sp³-hybridized carbons (Fsp3) is 0.154. The van der Waals surface area contributed by atoms with Crippen LogP contribution in [0, 0.1) is 10.1 Å². The number of rotatable bonds is 6. The summed E-state index contributed by atoms with van der Waals surface area (Å²) in [6.07, 6.45) is 2.15. The van der Waals surface area contributed by atoms with Crippen LogP contribution in [0.25, 0.3) is 0 Å². The van der Waals surface area contributed by atoms with Gasteiger partial charge in [-0.15, -0.1) is 0 Å². The lowest BCUT2D eigenvalue weighted by Crippen LogP contribution is -2.08. The fourth-order valence-electron chi connectivity index (χ4n) is 1.75. The number of carboxylic acids is 1. The van der Waals surface area contributed by atoms with E-state index < -0.39 is 10.9 Å². The standard InChI is InChI=1S/C13H12N4O4/c18-12(19)5-9-3-1-2-4-10(9)6-14-13-15-7-11(8-16-13)17(20)21/h1-4,7-8H,5-6H2,(H,18,19)(H,14,15,16). The minimum absolute atomic E-state index is 0.0705. The lowest BCUT2D eigenvalue weighted by molar-refractivity contribution is -0.385. The highest BCUT2D eigenvalue weighted by Gasteiger charge is 2.08. The van der Waals surface area contributed by atoms with Gasteiger partial charge in [-0.05, 0) is 11.1 Å². The fourth-order valence-corrected chi connectivity index (χ4v) is 1.75. The van der Waals surface area contributed by atoms with Gasteiger partial charge in [-0.2, -0.15) is 0 Å². The Hall–Kier alpha value is -3.03. The van der Waals surface area contributed by atoms with E-state index in [4.69, 9.17) is 5.11 Å². The molecule has 0 spiro atoms. The molecule has 108 valence electrons.